The number of nitrogens with zero attached hydrogens (tertiary/aromatic N) is 1. The van der Waals surface area contributed by atoms with Gasteiger partial charge in [0.15, 0.2) is 0 Å². The third-order valence-electron chi connectivity index (χ3n) is 6.14. The lowest BCUT2D eigenvalue weighted by molar-refractivity contribution is -0.202. The van der Waals surface area contributed by atoms with Gasteiger partial charge in [0.2, 0.25) is 0 Å². The molecule has 1 amide bonds. The lowest BCUT2D eigenvalue weighted by Crippen LogP contribution is -2.48. The summed E-state index contributed by atoms with van der Waals surface area (Å²) in [5, 5.41) is 0. The van der Waals surface area contributed by atoms with Gasteiger partial charge in [-0.2, -0.15) is 0 Å². The zero-order chi connectivity index (χ0) is 20.4. The van der Waals surface area contributed by atoms with E-state index < -0.39 is 12.0 Å². The summed E-state index contributed by atoms with van der Waals surface area (Å²) in [4.78, 5) is 14.9. The van der Waals surface area contributed by atoms with Gasteiger partial charge in [-0.1, -0.05) is 36.4 Å². The monoisotopic (exact) mass is 401 g/mol. The molecule has 4 rings (SSSR count). The van der Waals surface area contributed by atoms with E-state index in [1.54, 1.807) is 19.2 Å². The highest BCUT2D eigenvalue weighted by molar-refractivity contribution is 5.94. The number of methoxy groups -OCH3 is 1. The largest absolute Gasteiger partial charge is 0.375 e. The first kappa shape index (κ1) is 20.0. The number of halogens is 2. The third-order valence-corrected chi connectivity index (χ3v) is 6.14. The average molecular weight is 401 g/mol. The van der Waals surface area contributed by atoms with Crippen LogP contribution in [0.1, 0.15) is 52.2 Å². The number of hydrogen-bond donors (Lipinski definition) is 0. The Kier molecular flexibility index (Phi) is 5.65. The Balaban J connectivity index is 1.40. The van der Waals surface area contributed by atoms with Gasteiger partial charge in [-0.05, 0) is 42.0 Å². The van der Waals surface area contributed by atoms with Crippen molar-refractivity contribution in [1.82, 2.24) is 4.90 Å². The Morgan fingerprint density at radius 1 is 1.14 bits per heavy atom. The molecule has 29 heavy (non-hydrogen) atoms. The van der Waals surface area contributed by atoms with Gasteiger partial charge in [0.05, 0.1) is 13.2 Å². The highest BCUT2D eigenvalue weighted by atomic mass is 19.3. The van der Waals surface area contributed by atoms with E-state index in [4.69, 9.17) is 9.47 Å². The second kappa shape index (κ2) is 8.20. The van der Waals surface area contributed by atoms with Gasteiger partial charge in [0, 0.05) is 31.3 Å². The van der Waals surface area contributed by atoms with Crippen LogP contribution in [0.25, 0.3) is 0 Å². The highest BCUT2D eigenvalue weighted by Gasteiger charge is 2.41. The smallest absolute Gasteiger partial charge is 0.263 e. The van der Waals surface area contributed by atoms with Crippen LogP contribution in [0.15, 0.2) is 48.5 Å². The summed E-state index contributed by atoms with van der Waals surface area (Å²) in [5.74, 6) is 0.311. The number of rotatable bonds is 5. The van der Waals surface area contributed by atoms with Crippen LogP contribution in [0.4, 0.5) is 8.78 Å². The van der Waals surface area contributed by atoms with E-state index in [-0.39, 0.29) is 11.5 Å². The minimum Gasteiger partial charge on any atom is -0.375 e. The van der Waals surface area contributed by atoms with Crippen molar-refractivity contribution in [2.45, 2.75) is 30.8 Å². The quantitative estimate of drug-likeness (QED) is 0.740. The summed E-state index contributed by atoms with van der Waals surface area (Å²) in [7, 11) is 1.66. The molecule has 2 aliphatic rings. The molecule has 2 saturated heterocycles. The SMILES string of the molecule is COC1(c2cccc(C(=O)N3CCC(c4ccc(C(F)F)cc4)CC3)c2)COC1. The second-order valence-electron chi connectivity index (χ2n) is 7.81. The molecular weight excluding hydrogens is 376 g/mol. The van der Waals surface area contributed by atoms with E-state index in [2.05, 4.69) is 0 Å². The van der Waals surface area contributed by atoms with Crippen LogP contribution in [0, 0.1) is 0 Å². The maximum atomic E-state index is 13.0. The third kappa shape index (κ3) is 3.91. The van der Waals surface area contributed by atoms with Crippen LogP contribution in [0.2, 0.25) is 0 Å². The molecule has 2 aliphatic heterocycles. The Morgan fingerprint density at radius 3 is 2.38 bits per heavy atom. The molecule has 0 spiro atoms. The van der Waals surface area contributed by atoms with Crippen LogP contribution in [-0.2, 0) is 15.1 Å². The number of benzene rings is 2. The van der Waals surface area contributed by atoms with Crippen molar-refractivity contribution < 1.29 is 23.0 Å². The summed E-state index contributed by atoms with van der Waals surface area (Å²) in [6, 6.07) is 14.2. The molecular formula is C23H25F2NO3. The van der Waals surface area contributed by atoms with E-state index in [1.165, 1.54) is 12.1 Å². The molecule has 0 unspecified atom stereocenters. The van der Waals surface area contributed by atoms with Gasteiger partial charge < -0.3 is 14.4 Å². The molecule has 0 bridgehead atoms. The molecule has 0 atom stereocenters. The molecule has 0 radical (unpaired) electrons. The molecule has 0 aromatic heterocycles. The predicted molar refractivity (Wildman–Crippen MR) is 105 cm³/mol. The molecule has 154 valence electrons. The molecule has 2 heterocycles. The zero-order valence-electron chi connectivity index (χ0n) is 16.4. The average Bonchev–Trinajstić information content (AvgIpc) is 2.73. The van der Waals surface area contributed by atoms with Gasteiger partial charge in [-0.3, -0.25) is 4.79 Å². The summed E-state index contributed by atoms with van der Waals surface area (Å²) in [6.45, 7) is 2.31. The van der Waals surface area contributed by atoms with Crippen molar-refractivity contribution in [1.29, 1.82) is 0 Å². The van der Waals surface area contributed by atoms with Gasteiger partial charge in [0.1, 0.15) is 5.60 Å². The van der Waals surface area contributed by atoms with Crippen LogP contribution < -0.4 is 0 Å². The number of likely N-dealkylation sites (tertiary alicyclic amines) is 1. The first-order valence-electron chi connectivity index (χ1n) is 9.93. The fourth-order valence-electron chi connectivity index (χ4n) is 4.14. The maximum absolute atomic E-state index is 13.0. The first-order chi connectivity index (χ1) is 14.0. The number of carbonyl (C=O) groups excluding carboxylic acids is 1. The van der Waals surface area contributed by atoms with Crippen molar-refractivity contribution in [2.24, 2.45) is 0 Å². The number of hydrogen-bond acceptors (Lipinski definition) is 3. The molecule has 0 aliphatic carbocycles. The number of carbonyl (C=O) groups is 1. The molecule has 0 saturated carbocycles. The lowest BCUT2D eigenvalue weighted by atomic mass is 9.88. The zero-order valence-corrected chi connectivity index (χ0v) is 16.4. The van der Waals surface area contributed by atoms with Gasteiger partial charge in [-0.25, -0.2) is 8.78 Å². The molecule has 4 nitrogen and oxygen atoms in total. The van der Waals surface area contributed by atoms with Crippen LogP contribution in [-0.4, -0.2) is 44.2 Å². The lowest BCUT2D eigenvalue weighted by Gasteiger charge is -2.40. The second-order valence-corrected chi connectivity index (χ2v) is 7.81. The molecule has 2 aromatic carbocycles. The minimum absolute atomic E-state index is 0.0184. The molecule has 0 N–H and O–H groups in total. The van der Waals surface area contributed by atoms with Gasteiger partial charge in [-0.15, -0.1) is 0 Å². The standard InChI is InChI=1S/C23H25F2NO3/c1-28-23(14-29-15-23)20-4-2-3-19(13-20)22(27)26-11-9-17(10-12-26)16-5-7-18(8-6-16)21(24)25/h2-8,13,17,21H,9-12,14-15H2,1H3. The fourth-order valence-corrected chi connectivity index (χ4v) is 4.14. The van der Waals surface area contributed by atoms with E-state index >= 15 is 0 Å². The van der Waals surface area contributed by atoms with Crippen molar-refractivity contribution >= 4 is 5.91 Å². The van der Waals surface area contributed by atoms with Crippen molar-refractivity contribution in [3.63, 3.8) is 0 Å². The fraction of sp³-hybridized carbons (Fsp3) is 0.435. The predicted octanol–water partition coefficient (Wildman–Crippen LogP) is 4.52. The Bertz CT molecular complexity index is 851. The number of alkyl halides is 2. The number of piperidine rings is 1. The van der Waals surface area contributed by atoms with Crippen molar-refractivity contribution in [3.8, 4) is 0 Å². The highest BCUT2D eigenvalue weighted by Crippen LogP contribution is 2.34. The molecule has 2 aromatic rings. The van der Waals surface area contributed by atoms with E-state index in [0.29, 0.717) is 37.8 Å². The Morgan fingerprint density at radius 2 is 1.83 bits per heavy atom. The van der Waals surface area contributed by atoms with Crippen LogP contribution in [0.3, 0.4) is 0 Å². The van der Waals surface area contributed by atoms with Crippen LogP contribution in [0.5, 0.6) is 0 Å². The first-order valence-corrected chi connectivity index (χ1v) is 9.93. The molecule has 6 heteroatoms. The Hall–Kier alpha value is -2.31. The Labute approximate surface area is 169 Å². The minimum atomic E-state index is -2.44. The summed E-state index contributed by atoms with van der Waals surface area (Å²) >= 11 is 0. The van der Waals surface area contributed by atoms with Gasteiger partial charge in [0.25, 0.3) is 12.3 Å². The molecule has 2 fully saturated rings. The normalized spacial score (nSPS) is 19.2. The topological polar surface area (TPSA) is 38.8 Å². The van der Waals surface area contributed by atoms with Crippen LogP contribution >= 0.6 is 0 Å². The maximum Gasteiger partial charge on any atom is 0.263 e. The number of amides is 1. The summed E-state index contributed by atoms with van der Waals surface area (Å²) in [5.41, 5.74) is 2.28. The van der Waals surface area contributed by atoms with Gasteiger partial charge >= 0.3 is 0 Å². The summed E-state index contributed by atoms with van der Waals surface area (Å²) < 4.78 is 36.4. The summed E-state index contributed by atoms with van der Waals surface area (Å²) in [6.07, 6.45) is -0.784. The van der Waals surface area contributed by atoms with Crippen molar-refractivity contribution in [2.75, 3.05) is 33.4 Å². The van der Waals surface area contributed by atoms with E-state index in [0.717, 1.165) is 24.0 Å². The van der Waals surface area contributed by atoms with E-state index in [9.17, 15) is 13.6 Å². The number of ether oxygens (including phenoxy) is 2. The van der Waals surface area contributed by atoms with E-state index in [1.807, 2.05) is 29.2 Å². The van der Waals surface area contributed by atoms with Crippen molar-refractivity contribution in [3.05, 3.63) is 70.8 Å².